The Labute approximate surface area is 156 Å². The molecule has 0 bridgehead atoms. The van der Waals surface area contributed by atoms with Crippen molar-refractivity contribution in [3.05, 3.63) is 58.8 Å². The molecule has 0 aliphatic heterocycles. The molecular weight excluding hydrogens is 371 g/mol. The summed E-state index contributed by atoms with van der Waals surface area (Å²) in [4.78, 5) is 12.1. The maximum absolute atomic E-state index is 13.1. The van der Waals surface area contributed by atoms with Crippen LogP contribution in [0, 0.1) is 5.82 Å². The van der Waals surface area contributed by atoms with Crippen molar-refractivity contribution in [3.8, 4) is 11.1 Å². The lowest BCUT2D eigenvalue weighted by atomic mass is 10.1. The van der Waals surface area contributed by atoms with Crippen molar-refractivity contribution in [2.24, 2.45) is 0 Å². The Bertz CT molecular complexity index is 1090. The van der Waals surface area contributed by atoms with Crippen LogP contribution < -0.4 is 11.1 Å². The van der Waals surface area contributed by atoms with Crippen molar-refractivity contribution in [3.63, 3.8) is 0 Å². The van der Waals surface area contributed by atoms with Gasteiger partial charge in [-0.05, 0) is 48.4 Å². The van der Waals surface area contributed by atoms with Gasteiger partial charge in [-0.25, -0.2) is 17.6 Å². The first-order chi connectivity index (χ1) is 12.8. The van der Waals surface area contributed by atoms with E-state index in [2.05, 4.69) is 5.32 Å². The zero-order chi connectivity index (χ0) is 19.4. The van der Waals surface area contributed by atoms with Crippen molar-refractivity contribution in [2.45, 2.75) is 13.0 Å². The van der Waals surface area contributed by atoms with Gasteiger partial charge in [-0.15, -0.1) is 0 Å². The zero-order valence-electron chi connectivity index (χ0n) is 14.9. The average Bonchev–Trinajstić information content (AvgIpc) is 2.92. The molecule has 0 aliphatic carbocycles. The molecule has 6 nitrogen and oxygen atoms in total. The average molecular weight is 392 g/mol. The van der Waals surface area contributed by atoms with E-state index in [0.717, 1.165) is 11.1 Å². The number of halogens is 1. The predicted molar refractivity (Wildman–Crippen MR) is 103 cm³/mol. The summed E-state index contributed by atoms with van der Waals surface area (Å²) in [5.41, 5.74) is 2.89. The third-order valence-corrected chi connectivity index (χ3v) is 5.18. The first-order valence-electron chi connectivity index (χ1n) is 8.61. The number of benzene rings is 2. The SMILES string of the molecule is CS(=O)(=O)CCNCCCn1c(=O)oc2ccc(-c3ccc(F)cc3)cc21. The maximum Gasteiger partial charge on any atom is 0.419 e. The number of nitrogens with zero attached hydrogens (tertiary/aromatic N) is 1. The number of hydrogen-bond donors (Lipinski definition) is 1. The van der Waals surface area contributed by atoms with E-state index < -0.39 is 15.6 Å². The molecule has 0 spiro atoms. The summed E-state index contributed by atoms with van der Waals surface area (Å²) >= 11 is 0. The van der Waals surface area contributed by atoms with E-state index in [9.17, 15) is 17.6 Å². The molecule has 144 valence electrons. The second kappa shape index (κ2) is 8.06. The van der Waals surface area contributed by atoms with Crippen molar-refractivity contribution in [1.82, 2.24) is 9.88 Å². The normalized spacial score (nSPS) is 11.9. The number of aromatic nitrogens is 1. The van der Waals surface area contributed by atoms with Crippen molar-refractivity contribution >= 4 is 20.9 Å². The quantitative estimate of drug-likeness (QED) is 0.596. The molecule has 2 aromatic carbocycles. The Balaban J connectivity index is 1.71. The van der Waals surface area contributed by atoms with Crippen molar-refractivity contribution in [1.29, 1.82) is 0 Å². The van der Waals surface area contributed by atoms with Gasteiger partial charge >= 0.3 is 5.76 Å². The maximum atomic E-state index is 13.1. The zero-order valence-corrected chi connectivity index (χ0v) is 15.8. The van der Waals surface area contributed by atoms with Crippen LogP contribution in [0.3, 0.4) is 0 Å². The highest BCUT2D eigenvalue weighted by Gasteiger charge is 2.10. The van der Waals surface area contributed by atoms with Gasteiger partial charge < -0.3 is 9.73 Å². The van der Waals surface area contributed by atoms with E-state index in [1.54, 1.807) is 22.8 Å². The Morgan fingerprint density at radius 1 is 1.07 bits per heavy atom. The molecule has 0 saturated heterocycles. The number of rotatable bonds is 8. The summed E-state index contributed by atoms with van der Waals surface area (Å²) in [6, 6.07) is 11.6. The summed E-state index contributed by atoms with van der Waals surface area (Å²) in [6.45, 7) is 1.42. The lowest BCUT2D eigenvalue weighted by molar-refractivity contribution is 0.492. The van der Waals surface area contributed by atoms with Gasteiger partial charge in [0.25, 0.3) is 0 Å². The number of nitrogens with one attached hydrogen (secondary N) is 1. The second-order valence-electron chi connectivity index (χ2n) is 6.44. The van der Waals surface area contributed by atoms with Crippen LogP contribution in [0.2, 0.25) is 0 Å². The molecule has 0 unspecified atom stereocenters. The van der Waals surface area contributed by atoms with Crippen LogP contribution in [0.25, 0.3) is 22.2 Å². The number of fused-ring (bicyclic) bond motifs is 1. The van der Waals surface area contributed by atoms with Gasteiger partial charge in [0.1, 0.15) is 15.7 Å². The van der Waals surface area contributed by atoms with Crippen molar-refractivity contribution in [2.75, 3.05) is 25.1 Å². The lowest BCUT2D eigenvalue weighted by Gasteiger charge is -2.06. The molecule has 0 fully saturated rings. The molecule has 0 radical (unpaired) electrons. The van der Waals surface area contributed by atoms with Gasteiger partial charge in [0.15, 0.2) is 5.58 Å². The third kappa shape index (κ3) is 5.05. The highest BCUT2D eigenvalue weighted by molar-refractivity contribution is 7.90. The summed E-state index contributed by atoms with van der Waals surface area (Å²) in [7, 11) is -2.98. The molecule has 3 aromatic rings. The van der Waals surface area contributed by atoms with Crippen LogP contribution in [-0.4, -0.2) is 38.1 Å². The minimum absolute atomic E-state index is 0.0859. The van der Waals surface area contributed by atoms with Gasteiger partial charge in [-0.3, -0.25) is 4.57 Å². The molecular formula is C19H21FN2O4S. The molecule has 0 atom stereocenters. The largest absolute Gasteiger partial charge is 0.419 e. The molecule has 3 rings (SSSR count). The van der Waals surface area contributed by atoms with Gasteiger partial charge in [0, 0.05) is 19.3 Å². The summed E-state index contributed by atoms with van der Waals surface area (Å²) in [5, 5.41) is 3.05. The molecule has 1 N–H and O–H groups in total. The smallest absolute Gasteiger partial charge is 0.408 e. The monoisotopic (exact) mass is 392 g/mol. The van der Waals surface area contributed by atoms with Crippen molar-refractivity contribution < 1.29 is 17.2 Å². The van der Waals surface area contributed by atoms with E-state index >= 15 is 0 Å². The number of aryl methyl sites for hydroxylation is 1. The van der Waals surface area contributed by atoms with Crippen LogP contribution in [-0.2, 0) is 16.4 Å². The van der Waals surface area contributed by atoms with E-state index in [1.807, 2.05) is 12.1 Å². The minimum atomic E-state index is -2.98. The van der Waals surface area contributed by atoms with E-state index in [1.165, 1.54) is 18.4 Å². The Morgan fingerprint density at radius 2 is 1.78 bits per heavy atom. The Morgan fingerprint density at radius 3 is 2.48 bits per heavy atom. The molecule has 0 amide bonds. The summed E-state index contributed by atoms with van der Waals surface area (Å²) in [6.07, 6.45) is 1.85. The second-order valence-corrected chi connectivity index (χ2v) is 8.70. The first-order valence-corrected chi connectivity index (χ1v) is 10.7. The van der Waals surface area contributed by atoms with Gasteiger partial charge in [0.05, 0.1) is 11.3 Å². The van der Waals surface area contributed by atoms with Crippen LogP contribution in [0.5, 0.6) is 0 Å². The van der Waals surface area contributed by atoms with Gasteiger partial charge in [0.2, 0.25) is 0 Å². The highest BCUT2D eigenvalue weighted by atomic mass is 32.2. The summed E-state index contributed by atoms with van der Waals surface area (Å²) in [5.74, 6) is -0.649. The topological polar surface area (TPSA) is 81.3 Å². The number of hydrogen-bond acceptors (Lipinski definition) is 5. The van der Waals surface area contributed by atoms with Gasteiger partial charge in [-0.1, -0.05) is 18.2 Å². The van der Waals surface area contributed by atoms with E-state index in [4.69, 9.17) is 4.42 Å². The van der Waals surface area contributed by atoms with Crippen LogP contribution in [0.15, 0.2) is 51.7 Å². The third-order valence-electron chi connectivity index (χ3n) is 4.23. The van der Waals surface area contributed by atoms with E-state index in [0.29, 0.717) is 37.2 Å². The molecule has 0 saturated carbocycles. The Kier molecular flexibility index (Phi) is 5.76. The molecule has 0 aliphatic rings. The molecule has 1 heterocycles. The fourth-order valence-electron chi connectivity index (χ4n) is 2.84. The van der Waals surface area contributed by atoms with Crippen LogP contribution in [0.4, 0.5) is 4.39 Å². The van der Waals surface area contributed by atoms with Crippen LogP contribution in [0.1, 0.15) is 6.42 Å². The summed E-state index contributed by atoms with van der Waals surface area (Å²) < 4.78 is 42.1. The number of oxazole rings is 1. The van der Waals surface area contributed by atoms with Crippen LogP contribution >= 0.6 is 0 Å². The fourth-order valence-corrected chi connectivity index (χ4v) is 3.36. The predicted octanol–water partition coefficient (Wildman–Crippen LogP) is 2.42. The lowest BCUT2D eigenvalue weighted by Crippen LogP contribution is -2.25. The van der Waals surface area contributed by atoms with Gasteiger partial charge in [-0.2, -0.15) is 0 Å². The minimum Gasteiger partial charge on any atom is -0.408 e. The standard InChI is InChI=1S/C19H21FN2O4S/c1-27(24,25)12-10-21-9-2-11-22-17-13-15(5-8-18(17)26-19(22)23)14-3-6-16(20)7-4-14/h3-8,13,21H,2,9-12H2,1H3. The first kappa shape index (κ1) is 19.3. The number of sulfone groups is 1. The molecule has 8 heteroatoms. The Hall–Kier alpha value is -2.45. The molecule has 27 heavy (non-hydrogen) atoms. The van der Waals surface area contributed by atoms with E-state index in [-0.39, 0.29) is 11.6 Å². The fraction of sp³-hybridized carbons (Fsp3) is 0.316. The molecule has 1 aromatic heterocycles. The highest BCUT2D eigenvalue weighted by Crippen LogP contribution is 2.24.